The van der Waals surface area contributed by atoms with Crippen LogP contribution in [0.4, 0.5) is 0 Å². The van der Waals surface area contributed by atoms with Gasteiger partial charge in [0.1, 0.15) is 0 Å². The zero-order valence-electron chi connectivity index (χ0n) is 6.81. The smallest absolute Gasteiger partial charge is 0.333 e. The van der Waals surface area contributed by atoms with E-state index in [1.54, 1.807) is 13.0 Å². The summed E-state index contributed by atoms with van der Waals surface area (Å²) in [5.74, 6) is -0.204. The van der Waals surface area contributed by atoms with Gasteiger partial charge in [0.05, 0.1) is 6.61 Å². The van der Waals surface area contributed by atoms with Gasteiger partial charge in [0.25, 0.3) is 0 Å². The molecule has 2 heteroatoms. The molecule has 10 heavy (non-hydrogen) atoms. The molecule has 0 aliphatic carbocycles. The summed E-state index contributed by atoms with van der Waals surface area (Å²) in [4.78, 5) is 10.8. The molecule has 0 aromatic carbocycles. The van der Waals surface area contributed by atoms with E-state index in [-0.39, 0.29) is 5.97 Å². The Hall–Kier alpha value is -0.790. The predicted molar refractivity (Wildman–Crippen MR) is 40.7 cm³/mol. The van der Waals surface area contributed by atoms with Gasteiger partial charge in [-0.05, 0) is 20.3 Å². The Balaban J connectivity index is 3.63. The first-order valence-corrected chi connectivity index (χ1v) is 3.52. The molecular formula is C8H14O2. The third-order valence-electron chi connectivity index (χ3n) is 1.19. The molecule has 0 atom stereocenters. The highest BCUT2D eigenvalue weighted by Crippen LogP contribution is 1.95. The van der Waals surface area contributed by atoms with Gasteiger partial charge in [-0.15, -0.1) is 0 Å². The number of rotatable bonds is 3. The summed E-state index contributed by atoms with van der Waals surface area (Å²) in [6, 6.07) is 0. The van der Waals surface area contributed by atoms with Gasteiger partial charge in [0.2, 0.25) is 0 Å². The van der Waals surface area contributed by atoms with Crippen LogP contribution in [0.5, 0.6) is 0 Å². The van der Waals surface area contributed by atoms with Gasteiger partial charge < -0.3 is 4.74 Å². The first-order chi connectivity index (χ1) is 4.72. The molecule has 0 amide bonds. The molecule has 2 nitrogen and oxygen atoms in total. The van der Waals surface area contributed by atoms with Gasteiger partial charge in [-0.3, -0.25) is 0 Å². The van der Waals surface area contributed by atoms with Crippen LogP contribution >= 0.6 is 0 Å². The lowest BCUT2D eigenvalue weighted by Crippen LogP contribution is -2.05. The van der Waals surface area contributed by atoms with Gasteiger partial charge in [-0.25, -0.2) is 4.79 Å². The van der Waals surface area contributed by atoms with Gasteiger partial charge in [0, 0.05) is 5.57 Å². The summed E-state index contributed by atoms with van der Waals surface area (Å²) in [6.07, 6.45) is 2.63. The molecule has 0 aromatic rings. The highest BCUT2D eigenvalue weighted by Gasteiger charge is 2.01. The van der Waals surface area contributed by atoms with Crippen molar-refractivity contribution in [2.45, 2.75) is 27.2 Å². The predicted octanol–water partition coefficient (Wildman–Crippen LogP) is 1.91. The maximum Gasteiger partial charge on any atom is 0.333 e. The second-order valence-electron chi connectivity index (χ2n) is 2.11. The third-order valence-corrected chi connectivity index (χ3v) is 1.19. The maximum absolute atomic E-state index is 10.8. The van der Waals surface area contributed by atoms with Crippen LogP contribution in [0.15, 0.2) is 11.6 Å². The summed E-state index contributed by atoms with van der Waals surface area (Å²) in [6.45, 7) is 6.06. The monoisotopic (exact) mass is 142 g/mol. The molecule has 0 aromatic heterocycles. The fraction of sp³-hybridized carbons (Fsp3) is 0.625. The second kappa shape index (κ2) is 5.03. The van der Waals surface area contributed by atoms with E-state index in [1.807, 2.05) is 13.8 Å². The van der Waals surface area contributed by atoms with Crippen LogP contribution in [0.25, 0.3) is 0 Å². The molecule has 58 valence electrons. The third kappa shape index (κ3) is 3.28. The van der Waals surface area contributed by atoms with Crippen LogP contribution < -0.4 is 0 Å². The zero-order valence-corrected chi connectivity index (χ0v) is 6.81. The molecule has 0 rings (SSSR count). The summed E-state index contributed by atoms with van der Waals surface area (Å²) < 4.78 is 4.84. The van der Waals surface area contributed by atoms with Gasteiger partial charge in [0.15, 0.2) is 0 Å². The Kier molecular flexibility index (Phi) is 4.63. The van der Waals surface area contributed by atoms with Crippen molar-refractivity contribution >= 4 is 5.97 Å². The van der Waals surface area contributed by atoms with Crippen LogP contribution in [-0.4, -0.2) is 12.6 Å². The summed E-state index contributed by atoms with van der Waals surface area (Å²) in [7, 11) is 0. The fourth-order valence-corrected chi connectivity index (χ4v) is 0.426. The maximum atomic E-state index is 10.8. The summed E-state index contributed by atoms with van der Waals surface area (Å²) in [5, 5.41) is 0. The van der Waals surface area contributed by atoms with E-state index in [0.29, 0.717) is 12.2 Å². The Morgan fingerprint density at radius 2 is 2.20 bits per heavy atom. The number of ether oxygens (including phenoxy) is 1. The van der Waals surface area contributed by atoms with E-state index in [9.17, 15) is 4.79 Å². The highest BCUT2D eigenvalue weighted by molar-refractivity contribution is 5.87. The first kappa shape index (κ1) is 9.21. The minimum absolute atomic E-state index is 0.204. The molecule has 0 unspecified atom stereocenters. The Bertz CT molecular complexity index is 136. The van der Waals surface area contributed by atoms with Crippen molar-refractivity contribution in [3.8, 4) is 0 Å². The largest absolute Gasteiger partial charge is 0.462 e. The molecular weight excluding hydrogens is 128 g/mol. The Labute approximate surface area is 61.9 Å². The topological polar surface area (TPSA) is 26.3 Å². The molecule has 0 spiro atoms. The molecule has 0 N–H and O–H groups in total. The molecule has 0 saturated heterocycles. The highest BCUT2D eigenvalue weighted by atomic mass is 16.5. The van der Waals surface area contributed by atoms with Crippen LogP contribution in [-0.2, 0) is 9.53 Å². The lowest BCUT2D eigenvalue weighted by Gasteiger charge is -2.00. The number of hydrogen-bond donors (Lipinski definition) is 0. The average molecular weight is 142 g/mol. The number of carbonyl (C=O) groups is 1. The van der Waals surface area contributed by atoms with E-state index in [0.717, 1.165) is 6.42 Å². The number of esters is 1. The lowest BCUT2D eigenvalue weighted by atomic mass is 10.3. The molecule has 0 aliphatic rings. The normalized spacial score (nSPS) is 11.3. The van der Waals surface area contributed by atoms with E-state index < -0.39 is 0 Å². The van der Waals surface area contributed by atoms with Crippen molar-refractivity contribution < 1.29 is 9.53 Å². The average Bonchev–Trinajstić information content (AvgIpc) is 1.98. The van der Waals surface area contributed by atoms with Crippen LogP contribution in [0, 0.1) is 0 Å². The lowest BCUT2D eigenvalue weighted by molar-refractivity contribution is -0.138. The number of allylic oxidation sites excluding steroid dienone is 1. The van der Waals surface area contributed by atoms with Crippen molar-refractivity contribution in [1.82, 2.24) is 0 Å². The summed E-state index contributed by atoms with van der Waals surface area (Å²) in [5.41, 5.74) is 0.674. The first-order valence-electron chi connectivity index (χ1n) is 3.52. The van der Waals surface area contributed by atoms with Gasteiger partial charge >= 0.3 is 5.97 Å². The van der Waals surface area contributed by atoms with E-state index >= 15 is 0 Å². The van der Waals surface area contributed by atoms with Crippen molar-refractivity contribution in [3.63, 3.8) is 0 Å². The van der Waals surface area contributed by atoms with Gasteiger partial charge in [-0.1, -0.05) is 13.0 Å². The summed E-state index contributed by atoms with van der Waals surface area (Å²) >= 11 is 0. The van der Waals surface area contributed by atoms with E-state index in [1.165, 1.54) is 0 Å². The molecule has 0 aliphatic heterocycles. The standard InChI is InChI=1S/C8H14O2/c1-4-6-10-8(9)7(3)5-2/h5H,4,6H2,1-3H3. The number of hydrogen-bond acceptors (Lipinski definition) is 2. The van der Waals surface area contributed by atoms with Crippen LogP contribution in [0.3, 0.4) is 0 Å². The van der Waals surface area contributed by atoms with E-state index in [2.05, 4.69) is 0 Å². The van der Waals surface area contributed by atoms with E-state index in [4.69, 9.17) is 4.74 Å². The van der Waals surface area contributed by atoms with Crippen LogP contribution in [0.1, 0.15) is 27.2 Å². The molecule has 0 fully saturated rings. The second-order valence-corrected chi connectivity index (χ2v) is 2.11. The van der Waals surface area contributed by atoms with Crippen molar-refractivity contribution in [2.24, 2.45) is 0 Å². The minimum Gasteiger partial charge on any atom is -0.462 e. The molecule has 0 saturated carbocycles. The zero-order chi connectivity index (χ0) is 7.98. The molecule has 0 radical (unpaired) electrons. The van der Waals surface area contributed by atoms with Crippen molar-refractivity contribution in [1.29, 1.82) is 0 Å². The Morgan fingerprint density at radius 3 is 2.60 bits per heavy atom. The van der Waals surface area contributed by atoms with Crippen molar-refractivity contribution in [2.75, 3.05) is 6.61 Å². The fourth-order valence-electron chi connectivity index (χ4n) is 0.426. The number of carbonyl (C=O) groups excluding carboxylic acids is 1. The SMILES string of the molecule is CC=C(C)C(=O)OCCC. The Morgan fingerprint density at radius 1 is 1.60 bits per heavy atom. The molecule has 0 bridgehead atoms. The van der Waals surface area contributed by atoms with Crippen LogP contribution in [0.2, 0.25) is 0 Å². The van der Waals surface area contributed by atoms with Gasteiger partial charge in [-0.2, -0.15) is 0 Å². The van der Waals surface area contributed by atoms with Crippen molar-refractivity contribution in [3.05, 3.63) is 11.6 Å². The minimum atomic E-state index is -0.204. The molecule has 0 heterocycles. The quantitative estimate of drug-likeness (QED) is 0.444.